The van der Waals surface area contributed by atoms with Crippen LogP contribution in [-0.2, 0) is 19.4 Å². The van der Waals surface area contributed by atoms with Gasteiger partial charge >= 0.3 is 6.09 Å². The summed E-state index contributed by atoms with van der Waals surface area (Å²) in [6, 6.07) is 6.38. The fourth-order valence-corrected chi connectivity index (χ4v) is 5.14. The molecule has 0 aliphatic heterocycles. The number of rotatable bonds is 5. The molecular weight excluding hydrogens is 398 g/mol. The summed E-state index contributed by atoms with van der Waals surface area (Å²) >= 11 is 1.38. The molecule has 28 heavy (non-hydrogen) atoms. The van der Waals surface area contributed by atoms with Crippen molar-refractivity contribution in [1.82, 2.24) is 5.32 Å². The number of nitrogens with one attached hydrogen (secondary N) is 1. The van der Waals surface area contributed by atoms with Gasteiger partial charge in [-0.05, 0) is 39.2 Å². The lowest BCUT2D eigenvalue weighted by atomic mass is 10.0. The Morgan fingerprint density at radius 3 is 2.54 bits per heavy atom. The Labute approximate surface area is 170 Å². The summed E-state index contributed by atoms with van der Waals surface area (Å²) in [5, 5.41) is 10.8. The van der Waals surface area contributed by atoms with Crippen LogP contribution in [0.2, 0.25) is 0 Å². The lowest BCUT2D eigenvalue weighted by Gasteiger charge is -2.23. The molecule has 2 rings (SSSR count). The molecule has 1 unspecified atom stereocenters. The number of thiophene rings is 1. The van der Waals surface area contributed by atoms with E-state index in [1.165, 1.54) is 11.3 Å². The Bertz CT molecular complexity index is 982. The molecule has 2 amide bonds. The first kappa shape index (κ1) is 22.3. The Hall–Kier alpha value is -1.97. The second-order valence-corrected chi connectivity index (χ2v) is 10.6. The zero-order valence-corrected chi connectivity index (χ0v) is 18.4. The van der Waals surface area contributed by atoms with E-state index in [4.69, 9.17) is 9.88 Å². The molecule has 0 aliphatic rings. The Kier molecular flexibility index (Phi) is 6.84. The maximum atomic E-state index is 13.0. The molecule has 2 atom stereocenters. The van der Waals surface area contributed by atoms with Crippen molar-refractivity contribution in [3.63, 3.8) is 0 Å². The molecule has 0 aliphatic carbocycles. The summed E-state index contributed by atoms with van der Waals surface area (Å²) in [6.07, 6.45) is -0.409. The van der Waals surface area contributed by atoms with Crippen LogP contribution in [0.15, 0.2) is 38.9 Å². The van der Waals surface area contributed by atoms with Crippen LogP contribution < -0.4 is 10.5 Å². The molecule has 0 bridgehead atoms. The Morgan fingerprint density at radius 2 is 1.93 bits per heavy atom. The first-order valence-electron chi connectivity index (χ1n) is 8.93. The van der Waals surface area contributed by atoms with Crippen LogP contribution in [0.4, 0.5) is 4.79 Å². The number of hydrogen-bond donors (Lipinski definition) is 2. The lowest BCUT2D eigenvalue weighted by molar-refractivity contribution is -0.120. The van der Waals surface area contributed by atoms with Gasteiger partial charge in [0, 0.05) is 15.5 Å². The zero-order chi connectivity index (χ0) is 21.1. The number of benzene rings is 1. The number of alkyl carbamates (subject to hydrolysis) is 1. The van der Waals surface area contributed by atoms with E-state index in [9.17, 15) is 13.8 Å². The zero-order valence-electron chi connectivity index (χ0n) is 16.7. The summed E-state index contributed by atoms with van der Waals surface area (Å²) in [5.74, 6) is -0.641. The van der Waals surface area contributed by atoms with Crippen molar-refractivity contribution in [3.05, 3.63) is 29.6 Å². The maximum absolute atomic E-state index is 13.0. The normalized spacial score (nSPS) is 15.1. The van der Waals surface area contributed by atoms with Gasteiger partial charge in [0.15, 0.2) is 0 Å². The highest BCUT2D eigenvalue weighted by molar-refractivity contribution is 7.92. The minimum Gasteiger partial charge on any atom is -0.444 e. The van der Waals surface area contributed by atoms with Crippen LogP contribution in [0, 0.1) is 5.92 Å². The Balaban J connectivity index is 2.32. The first-order chi connectivity index (χ1) is 12.9. The van der Waals surface area contributed by atoms with Crippen LogP contribution >= 0.6 is 11.3 Å². The van der Waals surface area contributed by atoms with E-state index in [-0.39, 0.29) is 5.92 Å². The van der Waals surface area contributed by atoms with Gasteiger partial charge in [-0.3, -0.25) is 4.79 Å². The van der Waals surface area contributed by atoms with E-state index < -0.39 is 33.6 Å². The second-order valence-electron chi connectivity index (χ2n) is 7.92. The van der Waals surface area contributed by atoms with Crippen LogP contribution in [0.3, 0.4) is 0 Å². The third-order valence-corrected chi connectivity index (χ3v) is 6.21. The number of nitrogens with two attached hydrogens (primary N) is 1. The van der Waals surface area contributed by atoms with Crippen LogP contribution in [0.25, 0.3) is 10.1 Å². The fourth-order valence-electron chi connectivity index (χ4n) is 2.57. The number of hydrogen-bond acceptors (Lipinski definition) is 5. The van der Waals surface area contributed by atoms with Crippen LogP contribution in [-0.4, -0.2) is 27.9 Å². The molecule has 0 saturated heterocycles. The molecule has 0 spiro atoms. The number of amides is 2. The largest absolute Gasteiger partial charge is 0.444 e. The average Bonchev–Trinajstić information content (AvgIpc) is 2.96. The summed E-state index contributed by atoms with van der Waals surface area (Å²) in [7, 11) is -3.45. The molecule has 0 saturated carbocycles. The van der Waals surface area contributed by atoms with Crippen molar-refractivity contribution in [2.75, 3.05) is 0 Å². The van der Waals surface area contributed by atoms with Gasteiger partial charge in [-0.1, -0.05) is 32.0 Å². The third-order valence-electron chi connectivity index (χ3n) is 3.68. The van der Waals surface area contributed by atoms with Crippen molar-refractivity contribution in [2.45, 2.75) is 57.6 Å². The molecule has 1 aromatic heterocycles. The van der Waals surface area contributed by atoms with E-state index in [1.807, 2.05) is 32.0 Å². The van der Waals surface area contributed by atoms with E-state index in [0.29, 0.717) is 16.7 Å². The van der Waals surface area contributed by atoms with Gasteiger partial charge < -0.3 is 10.1 Å². The standard InChI is InChI=1S/C19H27N3O4S2/c1-12(2)10-14(21-18(24)26-19(3,4)5)17(23)22-28(20,25)16-11-27-15-9-7-6-8-13(15)16/h6-9,11-12,14H,10H2,1-5H3,(H,21,24)(H2,20,22,23,25)/t14-,28?/m0/s1. The number of carbonyl (C=O) groups is 2. The molecule has 0 radical (unpaired) electrons. The predicted octanol–water partition coefficient (Wildman–Crippen LogP) is 4.07. The number of nitrogens with zero attached hydrogens (tertiary/aromatic N) is 1. The topological polar surface area (TPSA) is 111 Å². The predicted molar refractivity (Wildman–Crippen MR) is 112 cm³/mol. The fraction of sp³-hybridized carbons (Fsp3) is 0.474. The monoisotopic (exact) mass is 425 g/mol. The molecule has 9 heteroatoms. The van der Waals surface area contributed by atoms with E-state index >= 15 is 0 Å². The quantitative estimate of drug-likeness (QED) is 0.752. The van der Waals surface area contributed by atoms with Gasteiger partial charge in [0.05, 0.1) is 4.90 Å². The molecular formula is C19H27N3O4S2. The highest BCUT2D eigenvalue weighted by atomic mass is 32.2. The van der Waals surface area contributed by atoms with Gasteiger partial charge in [0.25, 0.3) is 5.91 Å². The van der Waals surface area contributed by atoms with Crippen molar-refractivity contribution >= 4 is 43.3 Å². The molecule has 1 aromatic carbocycles. The van der Waals surface area contributed by atoms with Gasteiger partial charge in [0.1, 0.15) is 21.6 Å². The van der Waals surface area contributed by atoms with Crippen molar-refractivity contribution < 1.29 is 18.5 Å². The van der Waals surface area contributed by atoms with Gasteiger partial charge in [-0.2, -0.15) is 0 Å². The lowest BCUT2D eigenvalue weighted by Crippen LogP contribution is -2.44. The highest BCUT2D eigenvalue weighted by Gasteiger charge is 2.27. The van der Waals surface area contributed by atoms with E-state index in [1.54, 1.807) is 32.2 Å². The van der Waals surface area contributed by atoms with Crippen LogP contribution in [0.5, 0.6) is 0 Å². The van der Waals surface area contributed by atoms with E-state index in [0.717, 1.165) is 4.70 Å². The molecule has 2 aromatic rings. The number of carbonyl (C=O) groups excluding carboxylic acids is 2. The maximum Gasteiger partial charge on any atom is 0.408 e. The molecule has 154 valence electrons. The smallest absolute Gasteiger partial charge is 0.408 e. The SMILES string of the molecule is CC(C)C[C@H](NC(=O)OC(C)(C)C)C(=O)N=S(N)(=O)c1csc2ccccc12. The first-order valence-corrected chi connectivity index (χ1v) is 11.4. The van der Waals surface area contributed by atoms with Crippen molar-refractivity contribution in [1.29, 1.82) is 0 Å². The summed E-state index contributed by atoms with van der Waals surface area (Å²) in [4.78, 5) is 25.2. The third kappa shape index (κ3) is 6.02. The summed E-state index contributed by atoms with van der Waals surface area (Å²) in [5.41, 5.74) is -0.705. The Morgan fingerprint density at radius 1 is 1.29 bits per heavy atom. The molecule has 1 heterocycles. The minimum atomic E-state index is -3.45. The number of ether oxygens (including phenoxy) is 1. The molecule has 0 fully saturated rings. The highest BCUT2D eigenvalue weighted by Crippen LogP contribution is 2.29. The van der Waals surface area contributed by atoms with Gasteiger partial charge in [-0.25, -0.2) is 14.1 Å². The van der Waals surface area contributed by atoms with E-state index in [2.05, 4.69) is 9.68 Å². The number of fused-ring (bicyclic) bond motifs is 1. The minimum absolute atomic E-state index is 0.0925. The van der Waals surface area contributed by atoms with Crippen LogP contribution in [0.1, 0.15) is 41.0 Å². The second kappa shape index (κ2) is 8.59. The average molecular weight is 426 g/mol. The van der Waals surface area contributed by atoms with Crippen molar-refractivity contribution in [2.24, 2.45) is 15.4 Å². The van der Waals surface area contributed by atoms with Crippen molar-refractivity contribution in [3.8, 4) is 0 Å². The summed E-state index contributed by atoms with van der Waals surface area (Å²) < 4.78 is 23.0. The van der Waals surface area contributed by atoms with Gasteiger partial charge in [-0.15, -0.1) is 15.7 Å². The van der Waals surface area contributed by atoms with Gasteiger partial charge in [0.2, 0.25) is 0 Å². The summed E-state index contributed by atoms with van der Waals surface area (Å²) in [6.45, 7) is 8.99. The molecule has 7 nitrogen and oxygen atoms in total. The molecule has 3 N–H and O–H groups in total.